The number of aryl methyl sites for hydroxylation is 2. The Morgan fingerprint density at radius 3 is 2.76 bits per heavy atom. The van der Waals surface area contributed by atoms with Crippen molar-refractivity contribution in [2.75, 3.05) is 46.6 Å². The van der Waals surface area contributed by atoms with E-state index in [1.165, 1.54) is 4.31 Å². The number of fused-ring (bicyclic) bond motifs is 1. The number of carbonyl (C=O) groups is 1. The van der Waals surface area contributed by atoms with E-state index in [-0.39, 0.29) is 10.8 Å². The summed E-state index contributed by atoms with van der Waals surface area (Å²) in [5, 5.41) is 2.79. The van der Waals surface area contributed by atoms with E-state index in [4.69, 9.17) is 9.47 Å². The molecule has 0 spiro atoms. The fourth-order valence-corrected chi connectivity index (χ4v) is 4.83. The van der Waals surface area contributed by atoms with Crippen LogP contribution in [0.15, 0.2) is 23.1 Å². The summed E-state index contributed by atoms with van der Waals surface area (Å²) in [5.41, 5.74) is 1.49. The average molecular weight is 425 g/mol. The average Bonchev–Trinajstić information content (AvgIpc) is 3.09. The first-order valence-electron chi connectivity index (χ1n) is 9.80. The molecule has 1 amide bonds. The van der Waals surface area contributed by atoms with Crippen molar-refractivity contribution in [2.24, 2.45) is 0 Å². The van der Waals surface area contributed by atoms with E-state index in [1.54, 1.807) is 25.3 Å². The molecule has 9 nitrogen and oxygen atoms in total. The van der Waals surface area contributed by atoms with E-state index in [0.29, 0.717) is 64.4 Å². The summed E-state index contributed by atoms with van der Waals surface area (Å²) >= 11 is 0. The lowest BCUT2D eigenvalue weighted by atomic mass is 10.2. The topological polar surface area (TPSA) is 103 Å². The van der Waals surface area contributed by atoms with Crippen molar-refractivity contribution in [3.63, 3.8) is 0 Å². The molecule has 1 aliphatic rings. The summed E-state index contributed by atoms with van der Waals surface area (Å²) < 4.78 is 39.4. The zero-order valence-electron chi connectivity index (χ0n) is 16.9. The zero-order chi connectivity index (χ0) is 20.9. The zero-order valence-corrected chi connectivity index (χ0v) is 17.7. The van der Waals surface area contributed by atoms with Gasteiger partial charge in [0.05, 0.1) is 35.7 Å². The molecule has 3 rings (SSSR count). The van der Waals surface area contributed by atoms with Gasteiger partial charge in [-0.3, -0.25) is 4.79 Å². The van der Waals surface area contributed by atoms with Crippen LogP contribution in [0.5, 0.6) is 0 Å². The first kappa shape index (κ1) is 21.7. The molecule has 1 N–H and O–H groups in total. The van der Waals surface area contributed by atoms with Crippen LogP contribution in [-0.2, 0) is 37.3 Å². The molecule has 29 heavy (non-hydrogen) atoms. The van der Waals surface area contributed by atoms with Crippen LogP contribution in [-0.4, -0.2) is 74.7 Å². The summed E-state index contributed by atoms with van der Waals surface area (Å²) in [4.78, 5) is 16.8. The Hall–Kier alpha value is -2.01. The van der Waals surface area contributed by atoms with Crippen molar-refractivity contribution in [1.82, 2.24) is 19.2 Å². The van der Waals surface area contributed by atoms with Gasteiger partial charge in [-0.05, 0) is 25.1 Å². The number of nitrogens with zero attached hydrogens (tertiary/aromatic N) is 3. The molecule has 0 unspecified atom stereocenters. The summed E-state index contributed by atoms with van der Waals surface area (Å²) in [7, 11) is -1.99. The number of hydrogen-bond donors (Lipinski definition) is 1. The lowest BCUT2D eigenvalue weighted by Crippen LogP contribution is -2.40. The number of morpholine rings is 1. The molecule has 10 heteroatoms. The van der Waals surface area contributed by atoms with Gasteiger partial charge in [-0.1, -0.05) is 0 Å². The van der Waals surface area contributed by atoms with E-state index >= 15 is 0 Å². The minimum Gasteiger partial charge on any atom is -0.383 e. The van der Waals surface area contributed by atoms with Crippen LogP contribution in [0, 0.1) is 0 Å². The number of sulfonamides is 1. The number of imidazole rings is 1. The lowest BCUT2D eigenvalue weighted by Gasteiger charge is -2.26. The van der Waals surface area contributed by atoms with Crippen molar-refractivity contribution in [2.45, 2.75) is 31.2 Å². The van der Waals surface area contributed by atoms with E-state index in [1.807, 2.05) is 11.5 Å². The Kier molecular flexibility index (Phi) is 7.23. The highest BCUT2D eigenvalue weighted by atomic mass is 32.2. The van der Waals surface area contributed by atoms with Gasteiger partial charge >= 0.3 is 0 Å². The van der Waals surface area contributed by atoms with Gasteiger partial charge in [0.15, 0.2) is 0 Å². The maximum Gasteiger partial charge on any atom is 0.243 e. The minimum atomic E-state index is -3.57. The third-order valence-electron chi connectivity index (χ3n) is 4.93. The van der Waals surface area contributed by atoms with Crippen molar-refractivity contribution in [1.29, 1.82) is 0 Å². The standard InChI is InChI=1S/C19H28N4O5S/c1-3-23-17-5-4-15(29(25,26)22-9-12-28-13-10-22)14-16(17)21-18(23)6-7-19(24)20-8-11-27-2/h4-5,14H,3,6-13H2,1-2H3,(H,20,24). The smallest absolute Gasteiger partial charge is 0.243 e. The molecular weight excluding hydrogens is 396 g/mol. The molecule has 1 saturated heterocycles. The molecule has 0 saturated carbocycles. The summed E-state index contributed by atoms with van der Waals surface area (Å²) in [6.07, 6.45) is 0.791. The molecule has 0 atom stereocenters. The summed E-state index contributed by atoms with van der Waals surface area (Å²) in [6.45, 7) is 5.15. The number of benzene rings is 1. The van der Waals surface area contributed by atoms with E-state index in [2.05, 4.69) is 10.3 Å². The van der Waals surface area contributed by atoms with E-state index in [0.717, 1.165) is 11.3 Å². The van der Waals surface area contributed by atoms with E-state index in [9.17, 15) is 13.2 Å². The second-order valence-electron chi connectivity index (χ2n) is 6.78. The molecule has 0 radical (unpaired) electrons. The quantitative estimate of drug-likeness (QED) is 0.597. The SMILES string of the molecule is CCn1c(CCC(=O)NCCOC)nc2cc(S(=O)(=O)N3CCOCC3)ccc21. The number of amides is 1. The van der Waals surface area contributed by atoms with Crippen molar-refractivity contribution in [3.05, 3.63) is 24.0 Å². The molecule has 2 heterocycles. The molecule has 1 fully saturated rings. The van der Waals surface area contributed by atoms with Gasteiger partial charge < -0.3 is 19.4 Å². The molecule has 0 bridgehead atoms. The van der Waals surface area contributed by atoms with Crippen LogP contribution in [0.3, 0.4) is 0 Å². The van der Waals surface area contributed by atoms with Crippen LogP contribution < -0.4 is 5.32 Å². The van der Waals surface area contributed by atoms with Gasteiger partial charge in [-0.25, -0.2) is 13.4 Å². The second kappa shape index (κ2) is 9.66. The lowest BCUT2D eigenvalue weighted by molar-refractivity contribution is -0.121. The monoisotopic (exact) mass is 424 g/mol. The highest BCUT2D eigenvalue weighted by Gasteiger charge is 2.27. The normalized spacial score (nSPS) is 15.7. The summed E-state index contributed by atoms with van der Waals surface area (Å²) in [6, 6.07) is 5.04. The number of carbonyl (C=O) groups excluding carboxylic acids is 1. The molecule has 0 aliphatic carbocycles. The molecular formula is C19H28N4O5S. The fourth-order valence-electron chi connectivity index (χ4n) is 3.41. The molecule has 160 valence electrons. The first-order chi connectivity index (χ1) is 14.0. The van der Waals surface area contributed by atoms with Gasteiger partial charge in [0.1, 0.15) is 5.82 Å². The van der Waals surface area contributed by atoms with Crippen LogP contribution in [0.25, 0.3) is 11.0 Å². The molecule has 1 aromatic heterocycles. The second-order valence-corrected chi connectivity index (χ2v) is 8.72. The predicted molar refractivity (Wildman–Crippen MR) is 108 cm³/mol. The van der Waals surface area contributed by atoms with Gasteiger partial charge in [-0.2, -0.15) is 4.31 Å². The predicted octanol–water partition coefficient (Wildman–Crippen LogP) is 0.772. The molecule has 2 aromatic rings. The Labute approximate surface area is 171 Å². The first-order valence-corrected chi connectivity index (χ1v) is 11.2. The Bertz CT molecular complexity index is 951. The number of nitrogens with one attached hydrogen (secondary N) is 1. The largest absolute Gasteiger partial charge is 0.383 e. The van der Waals surface area contributed by atoms with Gasteiger partial charge in [-0.15, -0.1) is 0 Å². The molecule has 1 aromatic carbocycles. The fraction of sp³-hybridized carbons (Fsp3) is 0.579. The maximum atomic E-state index is 12.9. The number of rotatable bonds is 9. The van der Waals surface area contributed by atoms with Gasteiger partial charge in [0.2, 0.25) is 15.9 Å². The third-order valence-corrected chi connectivity index (χ3v) is 6.82. The Balaban J connectivity index is 1.79. The highest BCUT2D eigenvalue weighted by molar-refractivity contribution is 7.89. The van der Waals surface area contributed by atoms with Crippen molar-refractivity contribution >= 4 is 27.0 Å². The number of methoxy groups -OCH3 is 1. The van der Waals surface area contributed by atoms with Crippen LogP contribution in [0.1, 0.15) is 19.2 Å². The summed E-state index contributed by atoms with van der Waals surface area (Å²) in [5.74, 6) is 0.706. The third kappa shape index (κ3) is 4.95. The Morgan fingerprint density at radius 2 is 2.07 bits per heavy atom. The van der Waals surface area contributed by atoms with Crippen LogP contribution in [0.4, 0.5) is 0 Å². The number of hydrogen-bond acceptors (Lipinski definition) is 6. The van der Waals surface area contributed by atoms with Crippen molar-refractivity contribution < 1.29 is 22.7 Å². The minimum absolute atomic E-state index is 0.0626. The number of aromatic nitrogens is 2. The van der Waals surface area contributed by atoms with Gasteiger partial charge in [0.25, 0.3) is 0 Å². The highest BCUT2D eigenvalue weighted by Crippen LogP contribution is 2.24. The Morgan fingerprint density at radius 1 is 1.31 bits per heavy atom. The van der Waals surface area contributed by atoms with Crippen LogP contribution in [0.2, 0.25) is 0 Å². The number of ether oxygens (including phenoxy) is 2. The molecule has 1 aliphatic heterocycles. The maximum absolute atomic E-state index is 12.9. The van der Waals surface area contributed by atoms with E-state index < -0.39 is 10.0 Å². The van der Waals surface area contributed by atoms with Gasteiger partial charge in [0, 0.05) is 46.1 Å². The van der Waals surface area contributed by atoms with Crippen molar-refractivity contribution in [3.8, 4) is 0 Å². The van der Waals surface area contributed by atoms with Crippen LogP contribution >= 0.6 is 0 Å².